The Morgan fingerprint density at radius 3 is 2.48 bits per heavy atom. The van der Waals surface area contributed by atoms with Crippen molar-refractivity contribution in [2.45, 2.75) is 39.2 Å². The Kier molecular flexibility index (Phi) is 7.91. The van der Waals surface area contributed by atoms with Gasteiger partial charge < -0.3 is 10.1 Å². The maximum absolute atomic E-state index is 13.9. The predicted molar refractivity (Wildman–Crippen MR) is 101 cm³/mol. The van der Waals surface area contributed by atoms with Crippen LogP contribution in [0.15, 0.2) is 18.2 Å². The van der Waals surface area contributed by atoms with Gasteiger partial charge in [0.1, 0.15) is 11.6 Å². The number of nitrogens with zero attached hydrogens (tertiary/aromatic N) is 1. The molecule has 1 aliphatic rings. The van der Waals surface area contributed by atoms with Gasteiger partial charge in [0.15, 0.2) is 0 Å². The fraction of sp³-hybridized carbons (Fsp3) is 0.556. The van der Waals surface area contributed by atoms with Crippen molar-refractivity contribution >= 4 is 22.2 Å². The number of hydrogen-bond acceptors (Lipinski definition) is 5. The molecular formula is C18H25F2N3O5S. The van der Waals surface area contributed by atoms with Crippen LogP contribution in [-0.4, -0.2) is 44.4 Å². The van der Waals surface area contributed by atoms with E-state index < -0.39 is 33.9 Å². The maximum atomic E-state index is 13.9. The predicted octanol–water partition coefficient (Wildman–Crippen LogP) is 2.24. The molecule has 11 heteroatoms. The lowest BCUT2D eigenvalue weighted by Gasteiger charge is -2.30. The molecule has 0 spiro atoms. The molecule has 1 atom stereocenters. The number of amides is 2. The highest BCUT2D eigenvalue weighted by Crippen LogP contribution is 2.22. The first-order valence-electron chi connectivity index (χ1n) is 9.37. The average molecular weight is 433 g/mol. The largest absolute Gasteiger partial charge is 0.466 e. The molecule has 8 nitrogen and oxygen atoms in total. The fourth-order valence-corrected chi connectivity index (χ4v) is 4.26. The van der Waals surface area contributed by atoms with Gasteiger partial charge in [-0.15, -0.1) is 0 Å². The number of piperidine rings is 1. The van der Waals surface area contributed by atoms with E-state index in [9.17, 15) is 26.8 Å². The van der Waals surface area contributed by atoms with Gasteiger partial charge in [0.05, 0.1) is 18.6 Å². The maximum Gasteiger partial charge on any atom is 0.329 e. The highest BCUT2D eigenvalue weighted by atomic mass is 32.2. The molecule has 0 saturated carbocycles. The van der Waals surface area contributed by atoms with Crippen LogP contribution in [0, 0.1) is 17.6 Å². The molecule has 1 aromatic rings. The van der Waals surface area contributed by atoms with E-state index in [0.29, 0.717) is 0 Å². The van der Waals surface area contributed by atoms with Crippen LogP contribution in [0.5, 0.6) is 0 Å². The zero-order valence-electron chi connectivity index (χ0n) is 16.3. The van der Waals surface area contributed by atoms with Gasteiger partial charge >= 0.3 is 22.2 Å². The van der Waals surface area contributed by atoms with Crippen molar-refractivity contribution in [3.05, 3.63) is 35.4 Å². The molecule has 1 fully saturated rings. The van der Waals surface area contributed by atoms with Gasteiger partial charge in [-0.05, 0) is 44.4 Å². The van der Waals surface area contributed by atoms with Crippen LogP contribution < -0.4 is 10.0 Å². The van der Waals surface area contributed by atoms with Gasteiger partial charge in [0.25, 0.3) is 0 Å². The lowest BCUT2D eigenvalue weighted by atomic mass is 9.98. The molecule has 0 aromatic heterocycles. The molecule has 162 valence electrons. The second kappa shape index (κ2) is 9.97. The fourth-order valence-electron chi connectivity index (χ4n) is 3.14. The second-order valence-corrected chi connectivity index (χ2v) is 8.30. The van der Waals surface area contributed by atoms with Gasteiger partial charge in [0, 0.05) is 18.7 Å². The van der Waals surface area contributed by atoms with Crippen molar-refractivity contribution in [2.24, 2.45) is 5.92 Å². The number of hydrogen-bond donors (Lipinski definition) is 2. The van der Waals surface area contributed by atoms with E-state index in [1.54, 1.807) is 13.8 Å². The Bertz CT molecular complexity index is 842. The topological polar surface area (TPSA) is 105 Å². The third-order valence-electron chi connectivity index (χ3n) is 4.68. The van der Waals surface area contributed by atoms with Crippen LogP contribution in [0.25, 0.3) is 0 Å². The highest BCUT2D eigenvalue weighted by Gasteiger charge is 2.33. The summed E-state index contributed by atoms with van der Waals surface area (Å²) in [5.41, 5.74) is -0.0738. The molecule has 0 bridgehead atoms. The monoisotopic (exact) mass is 433 g/mol. The van der Waals surface area contributed by atoms with Gasteiger partial charge in [-0.1, -0.05) is 6.92 Å². The van der Waals surface area contributed by atoms with Crippen molar-refractivity contribution in [2.75, 3.05) is 19.7 Å². The minimum Gasteiger partial charge on any atom is -0.466 e. The van der Waals surface area contributed by atoms with E-state index >= 15 is 0 Å². The van der Waals surface area contributed by atoms with E-state index in [4.69, 9.17) is 4.74 Å². The number of esters is 1. The number of rotatable bonds is 7. The smallest absolute Gasteiger partial charge is 0.329 e. The van der Waals surface area contributed by atoms with Crippen LogP contribution in [-0.2, 0) is 19.7 Å². The quantitative estimate of drug-likeness (QED) is 0.642. The Morgan fingerprint density at radius 1 is 1.24 bits per heavy atom. The zero-order chi connectivity index (χ0) is 21.6. The summed E-state index contributed by atoms with van der Waals surface area (Å²) in [6.07, 6.45) is 0.791. The zero-order valence-corrected chi connectivity index (χ0v) is 17.1. The average Bonchev–Trinajstić information content (AvgIpc) is 2.68. The van der Waals surface area contributed by atoms with Crippen LogP contribution in [0.2, 0.25) is 0 Å². The van der Waals surface area contributed by atoms with E-state index in [2.05, 4.69) is 5.32 Å². The van der Waals surface area contributed by atoms with Gasteiger partial charge in [-0.2, -0.15) is 12.7 Å². The summed E-state index contributed by atoms with van der Waals surface area (Å²) < 4.78 is 60.1. The number of nitrogens with one attached hydrogen (secondary N) is 2. The Morgan fingerprint density at radius 2 is 1.90 bits per heavy atom. The van der Waals surface area contributed by atoms with E-state index in [-0.39, 0.29) is 56.4 Å². The molecule has 2 amide bonds. The van der Waals surface area contributed by atoms with Crippen LogP contribution >= 0.6 is 0 Å². The summed E-state index contributed by atoms with van der Waals surface area (Å²) in [5, 5.41) is 2.35. The third kappa shape index (κ3) is 6.10. The summed E-state index contributed by atoms with van der Waals surface area (Å²) in [7, 11) is -4.15. The molecule has 2 N–H and O–H groups in total. The first kappa shape index (κ1) is 23.0. The van der Waals surface area contributed by atoms with Gasteiger partial charge in [-0.3, -0.25) is 4.79 Å². The Labute approximate surface area is 168 Å². The molecular weight excluding hydrogens is 408 g/mol. The van der Waals surface area contributed by atoms with Crippen LogP contribution in [0.1, 0.15) is 44.7 Å². The summed E-state index contributed by atoms with van der Waals surface area (Å²) in [6, 6.07) is 0.898. The van der Waals surface area contributed by atoms with Crippen molar-refractivity contribution in [3.8, 4) is 0 Å². The summed E-state index contributed by atoms with van der Waals surface area (Å²) in [5.74, 6) is -2.12. The standard InChI is InChI=1S/C18H25F2N3O5S/c1-3-16(14-11-13(19)5-6-15(14)20)21-18(25)22-29(26,27)23-9-7-12(8-10-23)17(24)28-4-2/h5-6,11-12,16H,3-4,7-10H2,1-2H3,(H2,21,22,25). The summed E-state index contributed by atoms with van der Waals surface area (Å²) in [4.78, 5) is 23.9. The number of halogens is 2. The first-order chi connectivity index (χ1) is 13.7. The number of carbonyl (C=O) groups excluding carboxylic acids is 2. The lowest BCUT2D eigenvalue weighted by Crippen LogP contribution is -2.50. The number of carbonyl (C=O) groups is 2. The Hall–Kier alpha value is -2.27. The normalized spacial score (nSPS) is 16.8. The van der Waals surface area contributed by atoms with Crippen LogP contribution in [0.4, 0.5) is 13.6 Å². The van der Waals surface area contributed by atoms with Crippen molar-refractivity contribution < 1.29 is 31.5 Å². The molecule has 1 aromatic carbocycles. The lowest BCUT2D eigenvalue weighted by molar-refractivity contribution is -0.149. The molecule has 1 heterocycles. The molecule has 1 saturated heterocycles. The van der Waals surface area contributed by atoms with E-state index in [1.165, 1.54) is 0 Å². The third-order valence-corrected chi connectivity index (χ3v) is 6.17. The Balaban J connectivity index is 1.97. The van der Waals surface area contributed by atoms with E-state index in [0.717, 1.165) is 22.5 Å². The molecule has 0 radical (unpaired) electrons. The second-order valence-electron chi connectivity index (χ2n) is 6.63. The number of ether oxygens (including phenoxy) is 1. The number of urea groups is 1. The molecule has 1 unspecified atom stereocenters. The van der Waals surface area contributed by atoms with E-state index in [1.807, 2.05) is 4.72 Å². The number of benzene rings is 1. The molecule has 0 aliphatic carbocycles. The molecule has 1 aliphatic heterocycles. The molecule has 29 heavy (non-hydrogen) atoms. The van der Waals surface area contributed by atoms with Crippen LogP contribution in [0.3, 0.4) is 0 Å². The minimum absolute atomic E-state index is 0.0574. The summed E-state index contributed by atoms with van der Waals surface area (Å²) >= 11 is 0. The highest BCUT2D eigenvalue weighted by molar-refractivity contribution is 7.87. The first-order valence-corrected chi connectivity index (χ1v) is 10.8. The molecule has 2 rings (SSSR count). The summed E-state index contributed by atoms with van der Waals surface area (Å²) in [6.45, 7) is 3.70. The van der Waals surface area contributed by atoms with Gasteiger partial charge in [-0.25, -0.2) is 18.3 Å². The van der Waals surface area contributed by atoms with Gasteiger partial charge in [0.2, 0.25) is 0 Å². The van der Waals surface area contributed by atoms with Crippen molar-refractivity contribution in [1.29, 1.82) is 0 Å². The minimum atomic E-state index is -4.15. The van der Waals surface area contributed by atoms with Crippen molar-refractivity contribution in [3.63, 3.8) is 0 Å². The SMILES string of the molecule is CCOC(=O)C1CCN(S(=O)(=O)NC(=O)NC(CC)c2cc(F)ccc2F)CC1. The van der Waals surface area contributed by atoms with Crippen molar-refractivity contribution in [1.82, 2.24) is 14.3 Å².